The minimum absolute atomic E-state index is 0.00468. The summed E-state index contributed by atoms with van der Waals surface area (Å²) in [6, 6.07) is 4.35. The summed E-state index contributed by atoms with van der Waals surface area (Å²) < 4.78 is 6.32. The molecule has 1 aliphatic carbocycles. The molecular formula is C22H33N3O2. The molecule has 27 heavy (non-hydrogen) atoms. The number of carbonyl (C=O) groups excluding carboxylic acids is 1. The summed E-state index contributed by atoms with van der Waals surface area (Å²) in [5, 5.41) is 3.12. The summed E-state index contributed by atoms with van der Waals surface area (Å²) in [5.74, 6) is 0.524. The summed E-state index contributed by atoms with van der Waals surface area (Å²) in [4.78, 5) is 19.0. The SMILES string of the molecule is O=C(NCC1CCOC2(CCN(C3CCCCC3)CC2)C1)c1ccncc1. The van der Waals surface area contributed by atoms with Crippen LogP contribution in [0.25, 0.3) is 0 Å². The predicted molar refractivity (Wildman–Crippen MR) is 106 cm³/mol. The lowest BCUT2D eigenvalue weighted by Crippen LogP contribution is -2.53. The maximum Gasteiger partial charge on any atom is 0.251 e. The van der Waals surface area contributed by atoms with Crippen LogP contribution < -0.4 is 5.32 Å². The molecule has 2 aliphatic heterocycles. The number of rotatable bonds is 4. The van der Waals surface area contributed by atoms with Gasteiger partial charge in [0.1, 0.15) is 0 Å². The van der Waals surface area contributed by atoms with E-state index in [-0.39, 0.29) is 11.5 Å². The molecule has 1 aromatic heterocycles. The second-order valence-electron chi connectivity index (χ2n) is 8.66. The average Bonchev–Trinajstić information content (AvgIpc) is 2.74. The normalized spacial score (nSPS) is 26.7. The van der Waals surface area contributed by atoms with E-state index in [0.29, 0.717) is 11.5 Å². The number of pyridine rings is 1. The quantitative estimate of drug-likeness (QED) is 0.881. The van der Waals surface area contributed by atoms with E-state index >= 15 is 0 Å². The second kappa shape index (κ2) is 8.70. The fraction of sp³-hybridized carbons (Fsp3) is 0.727. The largest absolute Gasteiger partial charge is 0.375 e. The third-order valence-electron chi connectivity index (χ3n) is 6.89. The van der Waals surface area contributed by atoms with Crippen LogP contribution in [-0.2, 0) is 4.74 Å². The molecule has 4 rings (SSSR count). The molecular weight excluding hydrogens is 338 g/mol. The second-order valence-corrected chi connectivity index (χ2v) is 8.66. The molecule has 1 unspecified atom stereocenters. The zero-order valence-corrected chi connectivity index (χ0v) is 16.4. The molecule has 1 amide bonds. The lowest BCUT2D eigenvalue weighted by Gasteiger charge is -2.48. The van der Waals surface area contributed by atoms with Crippen LogP contribution in [-0.4, -0.2) is 53.7 Å². The van der Waals surface area contributed by atoms with Gasteiger partial charge in [-0.3, -0.25) is 9.78 Å². The Balaban J connectivity index is 1.26. The molecule has 1 spiro atoms. The molecule has 1 atom stereocenters. The number of piperidine rings is 1. The van der Waals surface area contributed by atoms with Crippen molar-refractivity contribution < 1.29 is 9.53 Å². The van der Waals surface area contributed by atoms with E-state index in [0.717, 1.165) is 44.9 Å². The van der Waals surface area contributed by atoms with Crippen LogP contribution in [0.15, 0.2) is 24.5 Å². The van der Waals surface area contributed by atoms with Crippen LogP contribution in [0.5, 0.6) is 0 Å². The molecule has 2 saturated heterocycles. The molecule has 5 nitrogen and oxygen atoms in total. The summed E-state index contributed by atoms with van der Waals surface area (Å²) in [6.45, 7) is 3.94. The van der Waals surface area contributed by atoms with Gasteiger partial charge in [0.15, 0.2) is 0 Å². The molecule has 3 aliphatic rings. The fourth-order valence-electron chi connectivity index (χ4n) is 5.24. The first-order chi connectivity index (χ1) is 13.2. The van der Waals surface area contributed by atoms with Crippen molar-refractivity contribution in [1.82, 2.24) is 15.2 Å². The van der Waals surface area contributed by atoms with Crippen molar-refractivity contribution in [3.05, 3.63) is 30.1 Å². The smallest absolute Gasteiger partial charge is 0.251 e. The van der Waals surface area contributed by atoms with Crippen LogP contribution in [0.1, 0.15) is 68.1 Å². The minimum atomic E-state index is 0.00468. The summed E-state index contributed by atoms with van der Waals surface area (Å²) in [5.41, 5.74) is 0.739. The first-order valence-electron chi connectivity index (χ1n) is 10.8. The monoisotopic (exact) mass is 371 g/mol. The van der Waals surface area contributed by atoms with Gasteiger partial charge in [0.25, 0.3) is 5.91 Å². The Morgan fingerprint density at radius 2 is 1.89 bits per heavy atom. The standard InChI is InChI=1S/C22H33N3O2/c26-21(19-6-11-23-12-7-19)24-17-18-8-15-27-22(16-18)9-13-25(14-10-22)20-4-2-1-3-5-20/h6-7,11-12,18,20H,1-5,8-10,13-17H2,(H,24,26). The van der Waals surface area contributed by atoms with Crippen LogP contribution in [0.4, 0.5) is 0 Å². The third kappa shape index (κ3) is 4.69. The lowest BCUT2D eigenvalue weighted by atomic mass is 9.78. The van der Waals surface area contributed by atoms with Crippen molar-refractivity contribution in [2.75, 3.05) is 26.2 Å². The molecule has 3 fully saturated rings. The molecule has 148 valence electrons. The maximum absolute atomic E-state index is 12.3. The van der Waals surface area contributed by atoms with E-state index in [1.165, 1.54) is 45.2 Å². The Hall–Kier alpha value is -1.46. The van der Waals surface area contributed by atoms with E-state index < -0.39 is 0 Å². The first-order valence-corrected chi connectivity index (χ1v) is 10.8. The lowest BCUT2D eigenvalue weighted by molar-refractivity contribution is -0.130. The fourth-order valence-corrected chi connectivity index (χ4v) is 5.24. The molecule has 1 aromatic rings. The van der Waals surface area contributed by atoms with E-state index in [1.54, 1.807) is 24.5 Å². The zero-order chi connectivity index (χ0) is 18.5. The van der Waals surface area contributed by atoms with Gasteiger partial charge in [-0.1, -0.05) is 19.3 Å². The van der Waals surface area contributed by atoms with Gasteiger partial charge in [0.05, 0.1) is 5.60 Å². The summed E-state index contributed by atoms with van der Waals surface area (Å²) in [6.07, 6.45) is 14.8. The van der Waals surface area contributed by atoms with Crippen LogP contribution in [0, 0.1) is 5.92 Å². The van der Waals surface area contributed by atoms with Crippen molar-refractivity contribution in [3.63, 3.8) is 0 Å². The molecule has 1 N–H and O–H groups in total. The highest BCUT2D eigenvalue weighted by atomic mass is 16.5. The van der Waals surface area contributed by atoms with E-state index in [4.69, 9.17) is 4.74 Å². The van der Waals surface area contributed by atoms with Gasteiger partial charge >= 0.3 is 0 Å². The van der Waals surface area contributed by atoms with Gasteiger partial charge < -0.3 is 15.0 Å². The van der Waals surface area contributed by atoms with Crippen molar-refractivity contribution >= 4 is 5.91 Å². The Morgan fingerprint density at radius 3 is 2.63 bits per heavy atom. The van der Waals surface area contributed by atoms with Gasteiger partial charge in [0.2, 0.25) is 0 Å². The van der Waals surface area contributed by atoms with Gasteiger partial charge in [0, 0.05) is 50.2 Å². The van der Waals surface area contributed by atoms with E-state index in [1.807, 2.05) is 0 Å². The first kappa shape index (κ1) is 18.9. The number of nitrogens with one attached hydrogen (secondary N) is 1. The molecule has 1 saturated carbocycles. The van der Waals surface area contributed by atoms with Crippen molar-refractivity contribution in [3.8, 4) is 0 Å². The number of aromatic nitrogens is 1. The molecule has 5 heteroatoms. The Bertz CT molecular complexity index is 607. The number of nitrogens with zero attached hydrogens (tertiary/aromatic N) is 2. The van der Waals surface area contributed by atoms with Crippen LogP contribution in [0.3, 0.4) is 0 Å². The highest BCUT2D eigenvalue weighted by Crippen LogP contribution is 2.39. The van der Waals surface area contributed by atoms with Crippen molar-refractivity contribution in [1.29, 1.82) is 0 Å². The van der Waals surface area contributed by atoms with Crippen LogP contribution in [0.2, 0.25) is 0 Å². The van der Waals surface area contributed by atoms with Crippen molar-refractivity contribution in [2.45, 2.75) is 69.4 Å². The number of amides is 1. The molecule has 3 heterocycles. The van der Waals surface area contributed by atoms with E-state index in [9.17, 15) is 4.79 Å². The number of ether oxygens (including phenoxy) is 1. The Kier molecular flexibility index (Phi) is 6.08. The molecule has 0 radical (unpaired) electrons. The molecule has 0 bridgehead atoms. The van der Waals surface area contributed by atoms with Gasteiger partial charge in [-0.15, -0.1) is 0 Å². The Morgan fingerprint density at radius 1 is 1.15 bits per heavy atom. The summed E-state index contributed by atoms with van der Waals surface area (Å²) >= 11 is 0. The van der Waals surface area contributed by atoms with Gasteiger partial charge in [-0.25, -0.2) is 0 Å². The number of likely N-dealkylation sites (tertiary alicyclic amines) is 1. The number of carbonyl (C=O) groups is 1. The number of hydrogen-bond acceptors (Lipinski definition) is 4. The Labute approximate surface area is 162 Å². The van der Waals surface area contributed by atoms with E-state index in [2.05, 4.69) is 15.2 Å². The number of hydrogen-bond donors (Lipinski definition) is 1. The highest BCUT2D eigenvalue weighted by molar-refractivity contribution is 5.93. The maximum atomic E-state index is 12.3. The average molecular weight is 372 g/mol. The third-order valence-corrected chi connectivity index (χ3v) is 6.89. The van der Waals surface area contributed by atoms with Crippen LogP contribution >= 0.6 is 0 Å². The molecule has 0 aromatic carbocycles. The van der Waals surface area contributed by atoms with Crippen molar-refractivity contribution in [2.24, 2.45) is 5.92 Å². The van der Waals surface area contributed by atoms with Gasteiger partial charge in [-0.05, 0) is 56.6 Å². The zero-order valence-electron chi connectivity index (χ0n) is 16.4. The summed E-state index contributed by atoms with van der Waals surface area (Å²) in [7, 11) is 0. The topological polar surface area (TPSA) is 54.5 Å². The minimum Gasteiger partial charge on any atom is -0.375 e. The van der Waals surface area contributed by atoms with Gasteiger partial charge in [-0.2, -0.15) is 0 Å². The predicted octanol–water partition coefficient (Wildman–Crippen LogP) is 3.41. The highest BCUT2D eigenvalue weighted by Gasteiger charge is 2.41.